The molecule has 3 nitrogen and oxygen atoms in total. The van der Waals surface area contributed by atoms with E-state index in [0.717, 1.165) is 5.75 Å². The van der Waals surface area contributed by atoms with Gasteiger partial charge in [-0.3, -0.25) is 0 Å². The minimum Gasteiger partial charge on any atom is -0.496 e. The quantitative estimate of drug-likeness (QED) is 0.898. The SMILES string of the molecule is CCN1CCCC(NC(C)c2cc(C)ccc2OC)CC1. The molecule has 2 unspecified atom stereocenters. The van der Waals surface area contributed by atoms with Gasteiger partial charge in [-0.1, -0.05) is 24.6 Å². The molecule has 0 amide bonds. The van der Waals surface area contributed by atoms with Crippen molar-refractivity contribution >= 4 is 0 Å². The maximum absolute atomic E-state index is 5.52. The van der Waals surface area contributed by atoms with Gasteiger partial charge in [-0.05, 0) is 58.8 Å². The Kier molecular flexibility index (Phi) is 6.07. The van der Waals surface area contributed by atoms with Crippen molar-refractivity contribution in [2.45, 2.75) is 52.1 Å². The summed E-state index contributed by atoms with van der Waals surface area (Å²) < 4.78 is 5.52. The maximum atomic E-state index is 5.52. The van der Waals surface area contributed by atoms with E-state index in [1.807, 2.05) is 0 Å². The van der Waals surface area contributed by atoms with Gasteiger partial charge in [0.1, 0.15) is 5.75 Å². The molecule has 1 aliphatic heterocycles. The smallest absolute Gasteiger partial charge is 0.123 e. The van der Waals surface area contributed by atoms with E-state index in [2.05, 4.69) is 49.2 Å². The van der Waals surface area contributed by atoms with Crippen molar-refractivity contribution in [2.24, 2.45) is 0 Å². The highest BCUT2D eigenvalue weighted by molar-refractivity contribution is 5.38. The Labute approximate surface area is 129 Å². The lowest BCUT2D eigenvalue weighted by Crippen LogP contribution is -2.33. The molecular weight excluding hydrogens is 260 g/mol. The molecule has 0 saturated carbocycles. The first-order valence-corrected chi connectivity index (χ1v) is 8.27. The zero-order chi connectivity index (χ0) is 15.2. The standard InChI is InChI=1S/C18H30N2O/c1-5-20-11-6-7-16(10-12-20)19-15(3)17-13-14(2)8-9-18(17)21-4/h8-9,13,15-16,19H,5-7,10-12H2,1-4H3. The summed E-state index contributed by atoms with van der Waals surface area (Å²) in [5, 5.41) is 3.82. The molecule has 1 saturated heterocycles. The zero-order valence-corrected chi connectivity index (χ0v) is 14.0. The van der Waals surface area contributed by atoms with Crippen LogP contribution in [-0.2, 0) is 0 Å². The molecular formula is C18H30N2O. The number of hydrogen-bond donors (Lipinski definition) is 1. The van der Waals surface area contributed by atoms with Crippen LogP contribution in [0.4, 0.5) is 0 Å². The Balaban J connectivity index is 2.00. The first-order valence-electron chi connectivity index (χ1n) is 8.27. The Morgan fingerprint density at radius 1 is 1.33 bits per heavy atom. The van der Waals surface area contributed by atoms with Crippen LogP contribution in [0.25, 0.3) is 0 Å². The molecule has 1 N–H and O–H groups in total. The van der Waals surface area contributed by atoms with E-state index in [9.17, 15) is 0 Å². The number of benzene rings is 1. The van der Waals surface area contributed by atoms with Crippen LogP contribution >= 0.6 is 0 Å². The first kappa shape index (κ1) is 16.3. The summed E-state index contributed by atoms with van der Waals surface area (Å²) >= 11 is 0. The van der Waals surface area contributed by atoms with Gasteiger partial charge >= 0.3 is 0 Å². The third-order valence-electron chi connectivity index (χ3n) is 4.61. The predicted octanol–water partition coefficient (Wildman–Crippen LogP) is 3.53. The van der Waals surface area contributed by atoms with Crippen molar-refractivity contribution in [3.05, 3.63) is 29.3 Å². The molecule has 0 bridgehead atoms. The highest BCUT2D eigenvalue weighted by Crippen LogP contribution is 2.27. The van der Waals surface area contributed by atoms with Crippen LogP contribution in [0.5, 0.6) is 5.75 Å². The Hall–Kier alpha value is -1.06. The third-order valence-corrected chi connectivity index (χ3v) is 4.61. The topological polar surface area (TPSA) is 24.5 Å². The second kappa shape index (κ2) is 7.81. The fourth-order valence-corrected chi connectivity index (χ4v) is 3.27. The largest absolute Gasteiger partial charge is 0.496 e. The van der Waals surface area contributed by atoms with Crippen molar-refractivity contribution in [3.63, 3.8) is 0 Å². The normalized spacial score (nSPS) is 21.8. The average Bonchev–Trinajstić information content (AvgIpc) is 2.72. The molecule has 0 spiro atoms. The van der Waals surface area contributed by atoms with E-state index >= 15 is 0 Å². The molecule has 1 fully saturated rings. The second-order valence-electron chi connectivity index (χ2n) is 6.20. The van der Waals surface area contributed by atoms with Crippen LogP contribution in [-0.4, -0.2) is 37.7 Å². The van der Waals surface area contributed by atoms with Gasteiger partial charge in [-0.15, -0.1) is 0 Å². The fourth-order valence-electron chi connectivity index (χ4n) is 3.27. The lowest BCUT2D eigenvalue weighted by atomic mass is 10.0. The molecule has 0 aromatic heterocycles. The monoisotopic (exact) mass is 290 g/mol. The molecule has 2 rings (SSSR count). The number of ether oxygens (including phenoxy) is 1. The van der Waals surface area contributed by atoms with Crippen LogP contribution in [0, 0.1) is 6.92 Å². The predicted molar refractivity (Wildman–Crippen MR) is 89.0 cm³/mol. The van der Waals surface area contributed by atoms with Gasteiger partial charge in [0, 0.05) is 17.6 Å². The molecule has 118 valence electrons. The van der Waals surface area contributed by atoms with Crippen molar-refractivity contribution in [2.75, 3.05) is 26.7 Å². The van der Waals surface area contributed by atoms with Gasteiger partial charge in [0.05, 0.1) is 7.11 Å². The number of methoxy groups -OCH3 is 1. The fraction of sp³-hybridized carbons (Fsp3) is 0.667. The molecule has 21 heavy (non-hydrogen) atoms. The van der Waals surface area contributed by atoms with Crippen LogP contribution in [0.1, 0.15) is 50.3 Å². The zero-order valence-electron chi connectivity index (χ0n) is 14.0. The highest BCUT2D eigenvalue weighted by atomic mass is 16.5. The summed E-state index contributed by atoms with van der Waals surface area (Å²) in [7, 11) is 1.76. The lowest BCUT2D eigenvalue weighted by Gasteiger charge is -2.24. The lowest BCUT2D eigenvalue weighted by molar-refractivity contribution is 0.295. The van der Waals surface area contributed by atoms with E-state index < -0.39 is 0 Å². The summed E-state index contributed by atoms with van der Waals surface area (Å²) in [5.74, 6) is 0.990. The Morgan fingerprint density at radius 2 is 2.14 bits per heavy atom. The Morgan fingerprint density at radius 3 is 2.86 bits per heavy atom. The summed E-state index contributed by atoms with van der Waals surface area (Å²) in [5.41, 5.74) is 2.56. The number of aryl methyl sites for hydroxylation is 1. The van der Waals surface area contributed by atoms with Crippen molar-refractivity contribution < 1.29 is 4.74 Å². The van der Waals surface area contributed by atoms with Crippen molar-refractivity contribution in [3.8, 4) is 5.75 Å². The van der Waals surface area contributed by atoms with Gasteiger partial charge < -0.3 is 15.0 Å². The summed E-state index contributed by atoms with van der Waals surface area (Å²) in [6, 6.07) is 7.37. The van der Waals surface area contributed by atoms with Gasteiger partial charge in [-0.2, -0.15) is 0 Å². The minimum atomic E-state index is 0.332. The highest BCUT2D eigenvalue weighted by Gasteiger charge is 2.19. The molecule has 1 heterocycles. The first-order chi connectivity index (χ1) is 10.1. The minimum absolute atomic E-state index is 0.332. The van der Waals surface area contributed by atoms with Gasteiger partial charge in [0.15, 0.2) is 0 Å². The average molecular weight is 290 g/mol. The number of likely N-dealkylation sites (tertiary alicyclic amines) is 1. The van der Waals surface area contributed by atoms with E-state index in [-0.39, 0.29) is 0 Å². The molecule has 1 aromatic carbocycles. The number of hydrogen-bond acceptors (Lipinski definition) is 3. The Bertz CT molecular complexity index is 447. The summed E-state index contributed by atoms with van der Waals surface area (Å²) in [6.45, 7) is 10.3. The second-order valence-corrected chi connectivity index (χ2v) is 6.20. The van der Waals surface area contributed by atoms with Crippen LogP contribution in [0.2, 0.25) is 0 Å². The molecule has 0 radical (unpaired) electrons. The molecule has 0 aliphatic carbocycles. The summed E-state index contributed by atoms with van der Waals surface area (Å²) in [4.78, 5) is 2.56. The number of nitrogens with zero attached hydrogens (tertiary/aromatic N) is 1. The van der Waals surface area contributed by atoms with Crippen LogP contribution < -0.4 is 10.1 Å². The van der Waals surface area contributed by atoms with E-state index in [0.29, 0.717) is 12.1 Å². The van der Waals surface area contributed by atoms with Crippen molar-refractivity contribution in [1.82, 2.24) is 10.2 Å². The molecule has 2 atom stereocenters. The van der Waals surface area contributed by atoms with E-state index in [4.69, 9.17) is 4.74 Å². The number of nitrogens with one attached hydrogen (secondary N) is 1. The molecule has 1 aromatic rings. The van der Waals surface area contributed by atoms with E-state index in [1.54, 1.807) is 7.11 Å². The van der Waals surface area contributed by atoms with E-state index in [1.165, 1.54) is 50.0 Å². The van der Waals surface area contributed by atoms with Crippen LogP contribution in [0.15, 0.2) is 18.2 Å². The molecule has 1 aliphatic rings. The summed E-state index contributed by atoms with van der Waals surface area (Å²) in [6.07, 6.45) is 3.81. The van der Waals surface area contributed by atoms with Gasteiger partial charge in [0.25, 0.3) is 0 Å². The number of rotatable bonds is 5. The van der Waals surface area contributed by atoms with Gasteiger partial charge in [-0.25, -0.2) is 0 Å². The van der Waals surface area contributed by atoms with Crippen LogP contribution in [0.3, 0.4) is 0 Å². The van der Waals surface area contributed by atoms with Gasteiger partial charge in [0.2, 0.25) is 0 Å². The maximum Gasteiger partial charge on any atom is 0.123 e. The molecule has 3 heteroatoms. The van der Waals surface area contributed by atoms with Crippen molar-refractivity contribution in [1.29, 1.82) is 0 Å². The third kappa shape index (κ3) is 4.45.